The number of aryl methyl sites for hydroxylation is 1. The molecule has 2 unspecified atom stereocenters. The molecule has 2 amide bonds. The van der Waals surface area contributed by atoms with Crippen molar-refractivity contribution in [2.45, 2.75) is 45.7 Å². The molecule has 1 aliphatic heterocycles. The Balaban J connectivity index is 2.08. The predicted molar refractivity (Wildman–Crippen MR) is 95.9 cm³/mol. The Morgan fingerprint density at radius 3 is 2.67 bits per heavy atom. The van der Waals surface area contributed by atoms with E-state index < -0.39 is 6.04 Å². The van der Waals surface area contributed by atoms with Gasteiger partial charge in [-0.2, -0.15) is 0 Å². The molecule has 5 heteroatoms. The van der Waals surface area contributed by atoms with Crippen LogP contribution in [0.1, 0.15) is 42.6 Å². The average Bonchev–Trinajstić information content (AvgIpc) is 2.58. The van der Waals surface area contributed by atoms with Crippen LogP contribution >= 0.6 is 0 Å². The summed E-state index contributed by atoms with van der Waals surface area (Å²) in [7, 11) is 1.93. The molecule has 1 fully saturated rings. The molecule has 2 N–H and O–H groups in total. The maximum Gasteiger partial charge on any atom is 0.251 e. The van der Waals surface area contributed by atoms with Crippen LogP contribution in [0.15, 0.2) is 24.3 Å². The monoisotopic (exact) mass is 331 g/mol. The van der Waals surface area contributed by atoms with Crippen LogP contribution in [0, 0.1) is 12.8 Å². The van der Waals surface area contributed by atoms with Crippen LogP contribution in [-0.4, -0.2) is 48.9 Å². The summed E-state index contributed by atoms with van der Waals surface area (Å²) in [6, 6.07) is 7.28. The summed E-state index contributed by atoms with van der Waals surface area (Å²) in [6.45, 7) is 7.37. The van der Waals surface area contributed by atoms with Gasteiger partial charge in [-0.05, 0) is 44.9 Å². The van der Waals surface area contributed by atoms with Gasteiger partial charge in [0, 0.05) is 24.7 Å². The van der Waals surface area contributed by atoms with Crippen LogP contribution in [-0.2, 0) is 4.79 Å². The summed E-state index contributed by atoms with van der Waals surface area (Å²) in [6.07, 6.45) is 2.08. The standard InChI is InChI=1S/C19H29N3O2/c1-13(2)17(19(24)22-10-6-9-16(12-22)20-4)21-18(23)15-8-5-7-14(3)11-15/h5,7-8,11,13,16-17,20H,6,9-10,12H2,1-4H3,(H,21,23). The Hall–Kier alpha value is -1.88. The Bertz CT molecular complexity index is 586. The molecule has 132 valence electrons. The Morgan fingerprint density at radius 2 is 2.04 bits per heavy atom. The van der Waals surface area contributed by atoms with Crippen molar-refractivity contribution >= 4 is 11.8 Å². The van der Waals surface area contributed by atoms with Crippen molar-refractivity contribution in [1.29, 1.82) is 0 Å². The second-order valence-electron chi connectivity index (χ2n) is 6.98. The number of benzene rings is 1. The minimum absolute atomic E-state index is 0.0194. The summed E-state index contributed by atoms with van der Waals surface area (Å²) < 4.78 is 0. The third kappa shape index (κ3) is 4.57. The van der Waals surface area contributed by atoms with Gasteiger partial charge in [0.25, 0.3) is 5.91 Å². The highest BCUT2D eigenvalue weighted by molar-refractivity contribution is 5.97. The van der Waals surface area contributed by atoms with Crippen LogP contribution in [0.2, 0.25) is 0 Å². The van der Waals surface area contributed by atoms with E-state index in [0.29, 0.717) is 18.2 Å². The number of nitrogens with zero attached hydrogens (tertiary/aromatic N) is 1. The number of carbonyl (C=O) groups excluding carboxylic acids is 2. The summed E-state index contributed by atoms with van der Waals surface area (Å²) in [5, 5.41) is 6.19. The zero-order valence-corrected chi connectivity index (χ0v) is 15.1. The van der Waals surface area contributed by atoms with Crippen molar-refractivity contribution in [3.63, 3.8) is 0 Å². The van der Waals surface area contributed by atoms with E-state index in [1.807, 2.05) is 50.9 Å². The van der Waals surface area contributed by atoms with Gasteiger partial charge in [0.1, 0.15) is 6.04 Å². The first-order valence-corrected chi connectivity index (χ1v) is 8.76. The van der Waals surface area contributed by atoms with Crippen LogP contribution in [0.4, 0.5) is 0 Å². The van der Waals surface area contributed by atoms with E-state index in [4.69, 9.17) is 0 Å². The van der Waals surface area contributed by atoms with Gasteiger partial charge in [0.15, 0.2) is 0 Å². The molecule has 1 saturated heterocycles. The minimum Gasteiger partial charge on any atom is -0.340 e. The van der Waals surface area contributed by atoms with E-state index in [1.54, 1.807) is 6.07 Å². The van der Waals surface area contributed by atoms with Crippen molar-refractivity contribution in [2.24, 2.45) is 5.92 Å². The molecule has 0 radical (unpaired) electrons. The van der Waals surface area contributed by atoms with Crippen molar-refractivity contribution in [3.05, 3.63) is 35.4 Å². The fourth-order valence-corrected chi connectivity index (χ4v) is 3.13. The molecule has 0 saturated carbocycles. The third-order valence-electron chi connectivity index (χ3n) is 4.64. The molecule has 1 aromatic carbocycles. The van der Waals surface area contributed by atoms with Gasteiger partial charge in [-0.15, -0.1) is 0 Å². The number of piperidine rings is 1. The zero-order valence-electron chi connectivity index (χ0n) is 15.1. The molecular formula is C19H29N3O2. The lowest BCUT2D eigenvalue weighted by molar-refractivity contribution is -0.135. The zero-order chi connectivity index (χ0) is 17.7. The number of likely N-dealkylation sites (tertiary alicyclic amines) is 1. The van der Waals surface area contributed by atoms with Crippen molar-refractivity contribution in [2.75, 3.05) is 20.1 Å². The molecule has 1 aromatic rings. The first kappa shape index (κ1) is 18.5. The normalized spacial score (nSPS) is 19.2. The Labute approximate surface area is 144 Å². The molecule has 0 aromatic heterocycles. The van der Waals surface area contributed by atoms with E-state index >= 15 is 0 Å². The number of hydrogen-bond donors (Lipinski definition) is 2. The smallest absolute Gasteiger partial charge is 0.251 e. The summed E-state index contributed by atoms with van der Waals surface area (Å²) >= 11 is 0. The second kappa shape index (κ2) is 8.29. The highest BCUT2D eigenvalue weighted by atomic mass is 16.2. The van der Waals surface area contributed by atoms with E-state index in [2.05, 4.69) is 10.6 Å². The Morgan fingerprint density at radius 1 is 1.29 bits per heavy atom. The van der Waals surface area contributed by atoms with Gasteiger partial charge in [-0.3, -0.25) is 9.59 Å². The maximum atomic E-state index is 12.9. The molecule has 1 heterocycles. The number of carbonyl (C=O) groups is 2. The number of likely N-dealkylation sites (N-methyl/N-ethyl adjacent to an activating group) is 1. The number of amides is 2. The molecule has 24 heavy (non-hydrogen) atoms. The van der Waals surface area contributed by atoms with Crippen molar-refractivity contribution < 1.29 is 9.59 Å². The second-order valence-corrected chi connectivity index (χ2v) is 6.98. The first-order chi connectivity index (χ1) is 11.4. The summed E-state index contributed by atoms with van der Waals surface area (Å²) in [4.78, 5) is 27.3. The fraction of sp³-hybridized carbons (Fsp3) is 0.579. The highest BCUT2D eigenvalue weighted by Crippen LogP contribution is 2.15. The van der Waals surface area contributed by atoms with Gasteiger partial charge < -0.3 is 15.5 Å². The lowest BCUT2D eigenvalue weighted by atomic mass is 9.99. The molecule has 5 nitrogen and oxygen atoms in total. The van der Waals surface area contributed by atoms with Gasteiger partial charge in [0.05, 0.1) is 0 Å². The lowest BCUT2D eigenvalue weighted by Crippen LogP contribution is -2.55. The van der Waals surface area contributed by atoms with Crippen LogP contribution < -0.4 is 10.6 Å². The predicted octanol–water partition coefficient (Wildman–Crippen LogP) is 1.96. The van der Waals surface area contributed by atoms with Crippen LogP contribution in [0.3, 0.4) is 0 Å². The Kier molecular flexibility index (Phi) is 6.37. The molecule has 2 atom stereocenters. The SMILES string of the molecule is CNC1CCCN(C(=O)C(NC(=O)c2cccc(C)c2)C(C)C)C1. The molecule has 2 rings (SSSR count). The molecule has 0 spiro atoms. The summed E-state index contributed by atoms with van der Waals surface area (Å²) in [5.41, 5.74) is 1.63. The summed E-state index contributed by atoms with van der Waals surface area (Å²) in [5.74, 6) is -0.125. The third-order valence-corrected chi connectivity index (χ3v) is 4.64. The maximum absolute atomic E-state index is 12.9. The quantitative estimate of drug-likeness (QED) is 0.867. The highest BCUT2D eigenvalue weighted by Gasteiger charge is 2.31. The topological polar surface area (TPSA) is 61.4 Å². The van der Waals surface area contributed by atoms with Crippen LogP contribution in [0.5, 0.6) is 0 Å². The van der Waals surface area contributed by atoms with Crippen molar-refractivity contribution in [1.82, 2.24) is 15.5 Å². The van der Waals surface area contributed by atoms with Crippen LogP contribution in [0.25, 0.3) is 0 Å². The average molecular weight is 331 g/mol. The van der Waals surface area contributed by atoms with Gasteiger partial charge in [-0.25, -0.2) is 0 Å². The van der Waals surface area contributed by atoms with Gasteiger partial charge in [0.2, 0.25) is 5.91 Å². The van der Waals surface area contributed by atoms with Crippen molar-refractivity contribution in [3.8, 4) is 0 Å². The molecule has 0 aliphatic carbocycles. The van der Waals surface area contributed by atoms with E-state index in [-0.39, 0.29) is 17.7 Å². The van der Waals surface area contributed by atoms with E-state index in [0.717, 1.165) is 24.9 Å². The molecular weight excluding hydrogens is 302 g/mol. The van der Waals surface area contributed by atoms with E-state index in [1.165, 1.54) is 0 Å². The number of rotatable bonds is 5. The molecule has 0 bridgehead atoms. The number of hydrogen-bond acceptors (Lipinski definition) is 3. The largest absolute Gasteiger partial charge is 0.340 e. The first-order valence-electron chi connectivity index (χ1n) is 8.76. The molecule has 1 aliphatic rings. The minimum atomic E-state index is -0.492. The van der Waals surface area contributed by atoms with Gasteiger partial charge in [-0.1, -0.05) is 31.5 Å². The lowest BCUT2D eigenvalue weighted by Gasteiger charge is -2.36. The number of nitrogens with one attached hydrogen (secondary N) is 2. The fourth-order valence-electron chi connectivity index (χ4n) is 3.13. The van der Waals surface area contributed by atoms with E-state index in [9.17, 15) is 9.59 Å². The van der Waals surface area contributed by atoms with Gasteiger partial charge >= 0.3 is 0 Å².